The van der Waals surface area contributed by atoms with Gasteiger partial charge in [0.15, 0.2) is 0 Å². The van der Waals surface area contributed by atoms with E-state index >= 15 is 0 Å². The monoisotopic (exact) mass is 385 g/mol. The smallest absolute Gasteiger partial charge is 0.255 e. The van der Waals surface area contributed by atoms with E-state index in [0.29, 0.717) is 11.8 Å². The molecule has 2 aromatic carbocycles. The molecule has 5 heteroatoms. The molecular formula is C22H28ClN3O. The molecule has 1 aliphatic heterocycles. The Morgan fingerprint density at radius 3 is 2.56 bits per heavy atom. The van der Waals surface area contributed by atoms with Crippen molar-refractivity contribution in [1.82, 2.24) is 4.90 Å². The number of carbonyl (C=O) groups is 1. The van der Waals surface area contributed by atoms with Crippen LogP contribution in [-0.4, -0.2) is 29.9 Å². The van der Waals surface area contributed by atoms with Gasteiger partial charge >= 0.3 is 0 Å². The molecule has 0 aromatic heterocycles. The standard InChI is InChI=1S/C22H27N3O.ClH/c1-14-6-5-9-20(15(14)2)24-21-8-4-3-7-17(21)22(26)25-12-16-10-11-19(23)18(16)13-25;/h3-9,16,18-19,24H,10-13,23H2,1-2H3;1H. The summed E-state index contributed by atoms with van der Waals surface area (Å²) in [7, 11) is 0. The predicted molar refractivity (Wildman–Crippen MR) is 113 cm³/mol. The van der Waals surface area contributed by atoms with E-state index in [0.717, 1.165) is 42.9 Å². The lowest BCUT2D eigenvalue weighted by Crippen LogP contribution is -2.33. The van der Waals surface area contributed by atoms with Crippen molar-refractivity contribution in [2.75, 3.05) is 18.4 Å². The maximum absolute atomic E-state index is 13.2. The Morgan fingerprint density at radius 1 is 1.04 bits per heavy atom. The van der Waals surface area contributed by atoms with E-state index < -0.39 is 0 Å². The number of nitrogens with one attached hydrogen (secondary N) is 1. The van der Waals surface area contributed by atoms with Crippen LogP contribution in [0, 0.1) is 25.7 Å². The second-order valence-corrected chi connectivity index (χ2v) is 7.79. The molecule has 1 aliphatic carbocycles. The van der Waals surface area contributed by atoms with Crippen LogP contribution >= 0.6 is 12.4 Å². The molecule has 2 fully saturated rings. The van der Waals surface area contributed by atoms with Gasteiger partial charge in [-0.3, -0.25) is 4.79 Å². The molecule has 3 atom stereocenters. The Labute approximate surface area is 167 Å². The molecule has 27 heavy (non-hydrogen) atoms. The van der Waals surface area contributed by atoms with Crippen LogP contribution in [0.5, 0.6) is 0 Å². The number of anilines is 2. The largest absolute Gasteiger partial charge is 0.355 e. The summed E-state index contributed by atoms with van der Waals surface area (Å²) in [5, 5.41) is 3.47. The Balaban J connectivity index is 0.00000210. The van der Waals surface area contributed by atoms with Crippen LogP contribution in [0.25, 0.3) is 0 Å². The molecule has 1 amide bonds. The predicted octanol–water partition coefficient (Wildman–Crippen LogP) is 4.28. The van der Waals surface area contributed by atoms with Gasteiger partial charge < -0.3 is 16.0 Å². The summed E-state index contributed by atoms with van der Waals surface area (Å²) in [6.45, 7) is 5.84. The first-order valence-corrected chi connectivity index (χ1v) is 9.51. The van der Waals surface area contributed by atoms with Gasteiger partial charge in [-0.15, -0.1) is 12.4 Å². The lowest BCUT2D eigenvalue weighted by atomic mass is 9.98. The third-order valence-electron chi connectivity index (χ3n) is 6.23. The zero-order valence-electron chi connectivity index (χ0n) is 15.9. The first kappa shape index (κ1) is 19.7. The number of fused-ring (bicyclic) bond motifs is 1. The minimum atomic E-state index is 0. The molecule has 0 spiro atoms. The molecule has 1 heterocycles. The normalized spacial score (nSPS) is 23.7. The molecular weight excluding hydrogens is 358 g/mol. The van der Waals surface area contributed by atoms with Crippen molar-refractivity contribution in [2.24, 2.45) is 17.6 Å². The fraction of sp³-hybridized carbons (Fsp3) is 0.409. The van der Waals surface area contributed by atoms with Gasteiger partial charge in [0.1, 0.15) is 0 Å². The van der Waals surface area contributed by atoms with Crippen molar-refractivity contribution in [3.63, 3.8) is 0 Å². The van der Waals surface area contributed by atoms with E-state index in [4.69, 9.17) is 5.73 Å². The lowest BCUT2D eigenvalue weighted by molar-refractivity contribution is 0.0780. The van der Waals surface area contributed by atoms with E-state index in [1.165, 1.54) is 11.1 Å². The highest BCUT2D eigenvalue weighted by molar-refractivity contribution is 6.00. The van der Waals surface area contributed by atoms with E-state index in [1.807, 2.05) is 35.2 Å². The highest BCUT2D eigenvalue weighted by Crippen LogP contribution is 2.38. The van der Waals surface area contributed by atoms with Crippen LogP contribution in [0.1, 0.15) is 34.3 Å². The second-order valence-electron chi connectivity index (χ2n) is 7.79. The number of likely N-dealkylation sites (tertiary alicyclic amines) is 1. The number of hydrogen-bond donors (Lipinski definition) is 2. The number of para-hydroxylation sites is 1. The van der Waals surface area contributed by atoms with Crippen molar-refractivity contribution in [1.29, 1.82) is 0 Å². The van der Waals surface area contributed by atoms with Gasteiger partial charge in [0.25, 0.3) is 5.91 Å². The maximum Gasteiger partial charge on any atom is 0.255 e. The van der Waals surface area contributed by atoms with Gasteiger partial charge in [0.05, 0.1) is 11.3 Å². The Hall–Kier alpha value is -2.04. The van der Waals surface area contributed by atoms with Gasteiger partial charge in [0.2, 0.25) is 0 Å². The van der Waals surface area contributed by atoms with E-state index in [-0.39, 0.29) is 24.4 Å². The van der Waals surface area contributed by atoms with Crippen molar-refractivity contribution in [3.05, 3.63) is 59.2 Å². The summed E-state index contributed by atoms with van der Waals surface area (Å²) < 4.78 is 0. The summed E-state index contributed by atoms with van der Waals surface area (Å²) in [6.07, 6.45) is 2.25. The average Bonchev–Trinajstić information content (AvgIpc) is 3.21. The number of nitrogens with two attached hydrogens (primary N) is 1. The number of hydrogen-bond acceptors (Lipinski definition) is 3. The minimum absolute atomic E-state index is 0. The third-order valence-corrected chi connectivity index (χ3v) is 6.23. The van der Waals surface area contributed by atoms with E-state index in [1.54, 1.807) is 0 Å². The number of carbonyl (C=O) groups excluding carboxylic acids is 1. The summed E-state index contributed by atoms with van der Waals surface area (Å²) in [5.74, 6) is 1.16. The number of halogens is 1. The lowest BCUT2D eigenvalue weighted by Gasteiger charge is -2.21. The van der Waals surface area contributed by atoms with Crippen LogP contribution in [0.3, 0.4) is 0 Å². The van der Waals surface area contributed by atoms with Crippen LogP contribution in [0.4, 0.5) is 11.4 Å². The molecule has 1 saturated carbocycles. The number of rotatable bonds is 3. The van der Waals surface area contributed by atoms with Crippen LogP contribution < -0.4 is 11.1 Å². The molecule has 4 nitrogen and oxygen atoms in total. The molecule has 0 radical (unpaired) electrons. The number of aryl methyl sites for hydroxylation is 1. The topological polar surface area (TPSA) is 58.4 Å². The first-order chi connectivity index (χ1) is 12.5. The fourth-order valence-corrected chi connectivity index (χ4v) is 4.45. The summed E-state index contributed by atoms with van der Waals surface area (Å²) in [5.41, 5.74) is 11.3. The molecule has 3 N–H and O–H groups in total. The zero-order valence-corrected chi connectivity index (χ0v) is 16.8. The van der Waals surface area contributed by atoms with E-state index in [2.05, 4.69) is 31.3 Å². The Morgan fingerprint density at radius 2 is 1.78 bits per heavy atom. The first-order valence-electron chi connectivity index (χ1n) is 9.51. The molecule has 0 bridgehead atoms. The van der Waals surface area contributed by atoms with E-state index in [9.17, 15) is 4.79 Å². The quantitative estimate of drug-likeness (QED) is 0.829. The van der Waals surface area contributed by atoms with Gasteiger partial charge in [-0.1, -0.05) is 24.3 Å². The molecule has 2 aliphatic rings. The number of nitrogens with zero attached hydrogens (tertiary/aromatic N) is 1. The van der Waals surface area contributed by atoms with Crippen molar-refractivity contribution in [3.8, 4) is 0 Å². The number of benzene rings is 2. The van der Waals surface area contributed by atoms with Crippen molar-refractivity contribution in [2.45, 2.75) is 32.7 Å². The maximum atomic E-state index is 13.2. The summed E-state index contributed by atoms with van der Waals surface area (Å²) >= 11 is 0. The molecule has 1 saturated heterocycles. The van der Waals surface area contributed by atoms with Crippen molar-refractivity contribution >= 4 is 29.7 Å². The average molecular weight is 386 g/mol. The van der Waals surface area contributed by atoms with Crippen molar-refractivity contribution < 1.29 is 4.79 Å². The summed E-state index contributed by atoms with van der Waals surface area (Å²) in [4.78, 5) is 15.2. The molecule has 4 rings (SSSR count). The zero-order chi connectivity index (χ0) is 18.3. The van der Waals surface area contributed by atoms with Gasteiger partial charge in [-0.25, -0.2) is 0 Å². The second kappa shape index (κ2) is 7.91. The van der Waals surface area contributed by atoms with Gasteiger partial charge in [0, 0.05) is 24.8 Å². The SMILES string of the molecule is Cc1cccc(Nc2ccccc2C(=O)N2CC3CCC(N)C3C2)c1C.Cl. The highest BCUT2D eigenvalue weighted by atomic mass is 35.5. The Kier molecular flexibility index (Phi) is 5.78. The number of amides is 1. The van der Waals surface area contributed by atoms with Gasteiger partial charge in [-0.2, -0.15) is 0 Å². The van der Waals surface area contributed by atoms with Crippen LogP contribution in [0.15, 0.2) is 42.5 Å². The fourth-order valence-electron chi connectivity index (χ4n) is 4.45. The Bertz CT molecular complexity index is 838. The molecule has 2 aromatic rings. The van der Waals surface area contributed by atoms with Gasteiger partial charge in [-0.05, 0) is 67.9 Å². The summed E-state index contributed by atoms with van der Waals surface area (Å²) in [6, 6.07) is 14.3. The molecule has 144 valence electrons. The minimum Gasteiger partial charge on any atom is -0.355 e. The molecule has 3 unspecified atom stereocenters. The van der Waals surface area contributed by atoms with Crippen LogP contribution in [0.2, 0.25) is 0 Å². The third kappa shape index (κ3) is 3.69. The van der Waals surface area contributed by atoms with Crippen LogP contribution in [-0.2, 0) is 0 Å². The highest BCUT2D eigenvalue weighted by Gasteiger charge is 2.42.